The molecule has 34 heavy (non-hydrogen) atoms. The van der Waals surface area contributed by atoms with Crippen molar-refractivity contribution in [2.75, 3.05) is 6.61 Å². The Morgan fingerprint density at radius 1 is 0.882 bits per heavy atom. The Hall–Kier alpha value is -2.28. The van der Waals surface area contributed by atoms with Crippen LogP contribution in [-0.4, -0.2) is 39.1 Å². The van der Waals surface area contributed by atoms with Crippen molar-refractivity contribution in [3.8, 4) is 0 Å². The van der Waals surface area contributed by atoms with Gasteiger partial charge in [0.25, 0.3) is 0 Å². The number of halogens is 2. The monoisotopic (exact) mass is 602 g/mol. The van der Waals surface area contributed by atoms with Gasteiger partial charge >= 0.3 is 41.5 Å². The number of rotatable bonds is 3. The number of aromatic nitrogens is 2. The van der Waals surface area contributed by atoms with Gasteiger partial charge in [-0.3, -0.25) is 9.59 Å². The van der Waals surface area contributed by atoms with Crippen molar-refractivity contribution < 1.29 is 54.5 Å². The van der Waals surface area contributed by atoms with E-state index in [9.17, 15) is 19.2 Å². The van der Waals surface area contributed by atoms with Crippen LogP contribution in [0.1, 0.15) is 27.6 Å². The van der Waals surface area contributed by atoms with Gasteiger partial charge in [-0.05, 0) is 43.3 Å². The number of nitrogens with one attached hydrogen (secondary N) is 2. The molecule has 2 aromatic carbocycles. The van der Waals surface area contributed by atoms with E-state index in [1.165, 1.54) is 12.4 Å². The maximum atomic E-state index is 12.1. The largest absolute Gasteiger partial charge is 1.00 e. The fourth-order valence-electron chi connectivity index (χ4n) is 2.90. The van der Waals surface area contributed by atoms with Crippen LogP contribution < -0.4 is 40.4 Å². The third-order valence-corrected chi connectivity index (χ3v) is 5.40. The van der Waals surface area contributed by atoms with Crippen molar-refractivity contribution in [1.29, 1.82) is 0 Å². The first-order chi connectivity index (χ1) is 15.2. The summed E-state index contributed by atoms with van der Waals surface area (Å²) in [5, 5.41) is 9.59. The molecule has 4 aromatic rings. The second kappa shape index (κ2) is 13.0. The third kappa shape index (κ3) is 6.65. The third-order valence-electron chi connectivity index (χ3n) is 4.41. The standard InChI is InChI=1S/C12H10BrNO3.C10H6BrNO3.Na.H2O/c1-2-17-12(16)9-6-14-10-4-3-7(13)5-8(10)11(9)15;11-5-1-2-8-6(3-5)9(13)7(4-12-8)10(14)15;;/h3-6H,2H2,1H3,(H,14,15);1-4H,(H,12,13)(H,14,15);;1H2/q;;+1;/p-1. The van der Waals surface area contributed by atoms with E-state index in [1.807, 2.05) is 6.07 Å². The van der Waals surface area contributed by atoms with Crippen LogP contribution >= 0.6 is 31.9 Å². The Balaban J connectivity index is 0.000000323. The molecule has 0 atom stereocenters. The number of hydrogen-bond acceptors (Lipinski definition) is 6. The summed E-state index contributed by atoms with van der Waals surface area (Å²) in [4.78, 5) is 51.7. The van der Waals surface area contributed by atoms with E-state index in [2.05, 4.69) is 41.8 Å². The summed E-state index contributed by atoms with van der Waals surface area (Å²) < 4.78 is 6.34. The molecular formula is C22H17Br2N2NaO7. The first kappa shape index (κ1) is 29.8. The Bertz CT molecular complexity index is 1470. The van der Waals surface area contributed by atoms with Gasteiger partial charge < -0.3 is 25.3 Å². The predicted molar refractivity (Wildman–Crippen MR) is 129 cm³/mol. The number of benzene rings is 2. The van der Waals surface area contributed by atoms with Gasteiger partial charge in [-0.2, -0.15) is 0 Å². The van der Waals surface area contributed by atoms with Gasteiger partial charge in [0.05, 0.1) is 6.61 Å². The molecule has 0 bridgehead atoms. The number of carboxylic acids is 1. The molecule has 0 aliphatic carbocycles. The molecule has 2 heterocycles. The summed E-state index contributed by atoms with van der Waals surface area (Å²) in [7, 11) is 0. The number of carboxylic acid groups (broad SMARTS) is 1. The summed E-state index contributed by atoms with van der Waals surface area (Å²) in [5.74, 6) is -1.83. The molecule has 9 nitrogen and oxygen atoms in total. The van der Waals surface area contributed by atoms with E-state index in [1.54, 1.807) is 37.3 Å². The van der Waals surface area contributed by atoms with E-state index in [0.29, 0.717) is 21.8 Å². The number of carbonyl (C=O) groups is 2. The SMILES string of the molecule is CCOC(=O)c1c[nH]c2ccc(Br)cc2c1=O.O=C(O)c1c[nH]c2ccc(Br)cc2c1=O.[Na+].[OH-]. The minimum Gasteiger partial charge on any atom is -0.870 e. The van der Waals surface area contributed by atoms with Crippen LogP contribution in [0.3, 0.4) is 0 Å². The van der Waals surface area contributed by atoms with Crippen LogP contribution in [-0.2, 0) is 4.74 Å². The Labute approximate surface area is 231 Å². The zero-order valence-electron chi connectivity index (χ0n) is 18.0. The Morgan fingerprint density at radius 2 is 1.32 bits per heavy atom. The number of H-pyrrole nitrogens is 2. The molecule has 0 unspecified atom stereocenters. The molecule has 172 valence electrons. The van der Waals surface area contributed by atoms with Crippen molar-refractivity contribution in [3.63, 3.8) is 0 Å². The summed E-state index contributed by atoms with van der Waals surface area (Å²) in [6.45, 7) is 1.94. The van der Waals surface area contributed by atoms with Gasteiger partial charge in [0.15, 0.2) is 0 Å². The number of hydrogen-bond donors (Lipinski definition) is 3. The predicted octanol–water partition coefficient (Wildman–Crippen LogP) is 1.28. The smallest absolute Gasteiger partial charge is 0.870 e. The number of aromatic carboxylic acids is 1. The maximum absolute atomic E-state index is 12.1. The topological polar surface area (TPSA) is 159 Å². The summed E-state index contributed by atoms with van der Waals surface area (Å²) in [6, 6.07) is 10.4. The molecule has 0 fully saturated rings. The Morgan fingerprint density at radius 3 is 1.76 bits per heavy atom. The van der Waals surface area contributed by atoms with Crippen LogP contribution in [0.4, 0.5) is 0 Å². The quantitative estimate of drug-likeness (QED) is 0.235. The summed E-state index contributed by atoms with van der Waals surface area (Å²) in [6.07, 6.45) is 2.59. The minimum absolute atomic E-state index is 0. The minimum atomic E-state index is -1.22. The van der Waals surface area contributed by atoms with Crippen molar-refractivity contribution in [2.24, 2.45) is 0 Å². The molecular weight excluding hydrogens is 587 g/mol. The van der Waals surface area contributed by atoms with E-state index < -0.39 is 17.4 Å². The molecule has 0 saturated heterocycles. The number of esters is 1. The molecule has 12 heteroatoms. The number of fused-ring (bicyclic) bond motifs is 2. The van der Waals surface area contributed by atoms with Crippen molar-refractivity contribution in [2.45, 2.75) is 6.92 Å². The van der Waals surface area contributed by atoms with Gasteiger partial charge in [0.1, 0.15) is 11.1 Å². The average molecular weight is 604 g/mol. The van der Waals surface area contributed by atoms with Crippen molar-refractivity contribution in [1.82, 2.24) is 9.97 Å². The van der Waals surface area contributed by atoms with Crippen LogP contribution in [0.2, 0.25) is 0 Å². The fourth-order valence-corrected chi connectivity index (χ4v) is 3.62. The molecule has 0 aliphatic heterocycles. The van der Waals surface area contributed by atoms with Crippen molar-refractivity contribution in [3.05, 3.63) is 89.3 Å². The Kier molecular flexibility index (Phi) is 11.4. The molecule has 0 amide bonds. The molecule has 0 radical (unpaired) electrons. The zero-order valence-corrected chi connectivity index (χ0v) is 23.2. The molecule has 0 spiro atoms. The van der Waals surface area contributed by atoms with Gasteiger partial charge in [-0.15, -0.1) is 0 Å². The number of ether oxygens (including phenoxy) is 1. The number of aromatic amines is 2. The summed E-state index contributed by atoms with van der Waals surface area (Å²) >= 11 is 6.52. The second-order valence-electron chi connectivity index (χ2n) is 6.47. The van der Waals surface area contributed by atoms with Gasteiger partial charge in [-0.25, -0.2) is 9.59 Å². The van der Waals surface area contributed by atoms with Gasteiger partial charge in [0.2, 0.25) is 10.9 Å². The zero-order chi connectivity index (χ0) is 23.4. The molecule has 0 aliphatic rings. The summed E-state index contributed by atoms with van der Waals surface area (Å²) in [5.41, 5.74) is 0.286. The first-order valence-corrected chi connectivity index (χ1v) is 10.8. The van der Waals surface area contributed by atoms with E-state index in [4.69, 9.17) is 9.84 Å². The van der Waals surface area contributed by atoms with Gasteiger partial charge in [0, 0.05) is 43.1 Å². The van der Waals surface area contributed by atoms with Crippen LogP contribution in [0, 0.1) is 0 Å². The molecule has 4 N–H and O–H groups in total. The van der Waals surface area contributed by atoms with Crippen LogP contribution in [0.25, 0.3) is 21.8 Å². The van der Waals surface area contributed by atoms with Crippen molar-refractivity contribution >= 4 is 65.6 Å². The molecule has 0 saturated carbocycles. The van der Waals surface area contributed by atoms with Crippen LogP contribution in [0.15, 0.2) is 67.3 Å². The first-order valence-electron chi connectivity index (χ1n) is 9.25. The molecule has 4 rings (SSSR count). The number of carbonyl (C=O) groups excluding carboxylic acids is 1. The maximum Gasteiger partial charge on any atom is 1.00 e. The van der Waals surface area contributed by atoms with E-state index in [-0.39, 0.29) is 58.2 Å². The average Bonchev–Trinajstić information content (AvgIpc) is 2.75. The van der Waals surface area contributed by atoms with Crippen LogP contribution in [0.5, 0.6) is 0 Å². The molecule has 2 aromatic heterocycles. The normalized spacial score (nSPS) is 9.85. The van der Waals surface area contributed by atoms with E-state index >= 15 is 0 Å². The number of pyridine rings is 2. The van der Waals surface area contributed by atoms with E-state index in [0.717, 1.165) is 8.95 Å². The van der Waals surface area contributed by atoms with Gasteiger partial charge in [-0.1, -0.05) is 31.9 Å². The second-order valence-corrected chi connectivity index (χ2v) is 8.30. The fraction of sp³-hybridized carbons (Fsp3) is 0.0909.